The van der Waals surface area contributed by atoms with Gasteiger partial charge in [-0.2, -0.15) is 0 Å². The number of hydrogen-bond donors (Lipinski definition) is 6. The SMILES string of the molecule is N.O=C1OC(C(=O)C(O)C(O)C(O)C(O)CO)c2ccccc21. The van der Waals surface area contributed by atoms with Crippen molar-refractivity contribution in [2.45, 2.75) is 30.5 Å². The number of carbonyl (C=O) groups is 2. The number of fused-ring (bicyclic) bond motifs is 1. The summed E-state index contributed by atoms with van der Waals surface area (Å²) in [5.41, 5.74) is 0.430. The topological polar surface area (TPSA) is 180 Å². The van der Waals surface area contributed by atoms with Crippen LogP contribution in [0.2, 0.25) is 0 Å². The van der Waals surface area contributed by atoms with E-state index in [0.29, 0.717) is 0 Å². The Balaban J connectivity index is 0.00000264. The normalized spacial score (nSPS) is 21.4. The molecule has 23 heavy (non-hydrogen) atoms. The third-order valence-electron chi connectivity index (χ3n) is 3.49. The summed E-state index contributed by atoms with van der Waals surface area (Å²) in [7, 11) is 0. The molecule has 0 saturated carbocycles. The molecule has 1 aromatic rings. The minimum Gasteiger partial charge on any atom is -0.446 e. The van der Waals surface area contributed by atoms with Crippen LogP contribution < -0.4 is 6.15 Å². The monoisotopic (exact) mass is 329 g/mol. The van der Waals surface area contributed by atoms with Gasteiger partial charge in [0, 0.05) is 5.56 Å². The fourth-order valence-corrected chi connectivity index (χ4v) is 2.20. The van der Waals surface area contributed by atoms with Crippen molar-refractivity contribution in [3.05, 3.63) is 35.4 Å². The highest BCUT2D eigenvalue weighted by molar-refractivity contribution is 6.01. The van der Waals surface area contributed by atoms with Crippen LogP contribution in [0.3, 0.4) is 0 Å². The summed E-state index contributed by atoms with van der Waals surface area (Å²) in [4.78, 5) is 23.8. The molecule has 0 aromatic heterocycles. The highest BCUT2D eigenvalue weighted by Gasteiger charge is 2.43. The molecule has 0 aliphatic carbocycles. The number of ketones is 1. The molecule has 128 valence electrons. The van der Waals surface area contributed by atoms with Gasteiger partial charge in [0.2, 0.25) is 5.78 Å². The van der Waals surface area contributed by atoms with Crippen LogP contribution in [0.5, 0.6) is 0 Å². The smallest absolute Gasteiger partial charge is 0.339 e. The highest BCUT2D eigenvalue weighted by Crippen LogP contribution is 2.32. The van der Waals surface area contributed by atoms with Gasteiger partial charge in [-0.25, -0.2) is 4.79 Å². The number of cyclic esters (lactones) is 1. The molecule has 5 unspecified atom stereocenters. The maximum Gasteiger partial charge on any atom is 0.339 e. The predicted molar refractivity (Wildman–Crippen MR) is 75.7 cm³/mol. The zero-order valence-electron chi connectivity index (χ0n) is 12.1. The summed E-state index contributed by atoms with van der Waals surface area (Å²) in [5.74, 6) is -1.76. The molecule has 1 aromatic carbocycles. The highest BCUT2D eigenvalue weighted by atomic mass is 16.6. The van der Waals surface area contributed by atoms with Crippen LogP contribution in [0, 0.1) is 0 Å². The standard InChI is InChI=1S/C14H16O8.H3N/c15-5-8(16)9(17)10(18)11(19)12(20)13-6-3-1-2-4-7(6)14(21)22-13;/h1-4,8-11,13,15-19H,5H2;1H3. The number of hydrogen-bond acceptors (Lipinski definition) is 9. The van der Waals surface area contributed by atoms with E-state index in [4.69, 9.17) is 9.84 Å². The van der Waals surface area contributed by atoms with Crippen LogP contribution in [-0.4, -0.2) is 68.3 Å². The molecule has 0 spiro atoms. The van der Waals surface area contributed by atoms with E-state index in [1.54, 1.807) is 12.1 Å². The lowest BCUT2D eigenvalue weighted by Gasteiger charge is -2.26. The van der Waals surface area contributed by atoms with Crippen molar-refractivity contribution in [2.24, 2.45) is 0 Å². The van der Waals surface area contributed by atoms with Crippen LogP contribution >= 0.6 is 0 Å². The van der Waals surface area contributed by atoms with Gasteiger partial charge in [-0.1, -0.05) is 18.2 Å². The number of ether oxygens (including phenoxy) is 1. The Morgan fingerprint density at radius 1 is 1.13 bits per heavy atom. The lowest BCUT2D eigenvalue weighted by molar-refractivity contribution is -0.154. The first-order valence-corrected chi connectivity index (χ1v) is 6.55. The van der Waals surface area contributed by atoms with Gasteiger partial charge in [0.1, 0.15) is 24.4 Å². The third kappa shape index (κ3) is 3.55. The van der Waals surface area contributed by atoms with Crippen molar-refractivity contribution in [1.82, 2.24) is 6.15 Å². The van der Waals surface area contributed by atoms with Gasteiger partial charge in [-0.05, 0) is 6.07 Å². The van der Waals surface area contributed by atoms with Crippen LogP contribution in [0.25, 0.3) is 0 Å². The molecule has 1 aliphatic rings. The molecule has 0 bridgehead atoms. The van der Waals surface area contributed by atoms with Gasteiger partial charge in [0.05, 0.1) is 12.2 Å². The van der Waals surface area contributed by atoms with Gasteiger partial charge in [0.25, 0.3) is 0 Å². The number of Topliss-reactive ketones (excluding diaryl/α,β-unsaturated/α-hetero) is 1. The third-order valence-corrected chi connectivity index (χ3v) is 3.49. The summed E-state index contributed by atoms with van der Waals surface area (Å²) in [6, 6.07) is 6.09. The minimum absolute atomic E-state index is 0. The van der Waals surface area contributed by atoms with E-state index in [-0.39, 0.29) is 17.3 Å². The second kappa shape index (κ2) is 7.59. The van der Waals surface area contributed by atoms with E-state index in [2.05, 4.69) is 0 Å². The summed E-state index contributed by atoms with van der Waals surface area (Å²) in [5, 5.41) is 47.0. The average Bonchev–Trinajstić information content (AvgIpc) is 2.88. The molecule has 0 saturated heterocycles. The Hall–Kier alpha value is -1.88. The first kappa shape index (κ1) is 19.2. The van der Waals surface area contributed by atoms with Crippen molar-refractivity contribution >= 4 is 11.8 Å². The molecule has 0 radical (unpaired) electrons. The number of aliphatic hydroxyl groups is 5. The van der Waals surface area contributed by atoms with Gasteiger partial charge in [0.15, 0.2) is 6.10 Å². The summed E-state index contributed by atoms with van der Waals surface area (Å²) < 4.78 is 4.88. The van der Waals surface area contributed by atoms with Crippen molar-refractivity contribution in [3.8, 4) is 0 Å². The predicted octanol–water partition coefficient (Wildman–Crippen LogP) is -1.93. The average molecular weight is 329 g/mol. The number of aliphatic hydroxyl groups excluding tert-OH is 5. The Morgan fingerprint density at radius 3 is 2.35 bits per heavy atom. The zero-order valence-corrected chi connectivity index (χ0v) is 12.1. The van der Waals surface area contributed by atoms with Crippen LogP contribution in [0.1, 0.15) is 22.0 Å². The van der Waals surface area contributed by atoms with Crippen molar-refractivity contribution in [2.75, 3.05) is 6.61 Å². The Morgan fingerprint density at radius 2 is 1.74 bits per heavy atom. The van der Waals surface area contributed by atoms with E-state index in [1.165, 1.54) is 12.1 Å². The molecule has 9 nitrogen and oxygen atoms in total. The van der Waals surface area contributed by atoms with E-state index in [1.807, 2.05) is 0 Å². The second-order valence-electron chi connectivity index (χ2n) is 4.95. The van der Waals surface area contributed by atoms with E-state index >= 15 is 0 Å². The van der Waals surface area contributed by atoms with Crippen molar-refractivity contribution < 1.29 is 39.9 Å². The maximum absolute atomic E-state index is 12.2. The molecule has 9 heteroatoms. The lowest BCUT2D eigenvalue weighted by atomic mass is 9.94. The molecule has 1 heterocycles. The number of esters is 1. The largest absolute Gasteiger partial charge is 0.446 e. The summed E-state index contributed by atoms with van der Waals surface area (Å²) >= 11 is 0. The Kier molecular flexibility index (Phi) is 6.33. The van der Waals surface area contributed by atoms with Crippen molar-refractivity contribution in [3.63, 3.8) is 0 Å². The van der Waals surface area contributed by atoms with Gasteiger partial charge < -0.3 is 36.4 Å². The number of carbonyl (C=O) groups excluding carboxylic acids is 2. The quantitative estimate of drug-likeness (QED) is 0.324. The maximum atomic E-state index is 12.2. The zero-order chi connectivity index (χ0) is 16.4. The second-order valence-corrected chi connectivity index (χ2v) is 4.95. The molecular weight excluding hydrogens is 310 g/mol. The Labute approximate surface area is 131 Å². The van der Waals surface area contributed by atoms with E-state index < -0.39 is 48.9 Å². The molecular formula is C14H19NO8. The van der Waals surface area contributed by atoms with Crippen molar-refractivity contribution in [1.29, 1.82) is 0 Å². The summed E-state index contributed by atoms with van der Waals surface area (Å²) in [6.07, 6.45) is -9.19. The molecule has 1 aliphatic heterocycles. The molecule has 8 N–H and O–H groups in total. The lowest BCUT2D eigenvalue weighted by Crippen LogP contribution is -2.49. The van der Waals surface area contributed by atoms with E-state index in [9.17, 15) is 30.0 Å². The van der Waals surface area contributed by atoms with Crippen LogP contribution in [0.4, 0.5) is 0 Å². The summed E-state index contributed by atoms with van der Waals surface area (Å²) in [6.45, 7) is -0.861. The fourth-order valence-electron chi connectivity index (χ4n) is 2.20. The van der Waals surface area contributed by atoms with Crippen LogP contribution in [-0.2, 0) is 9.53 Å². The number of benzene rings is 1. The first-order valence-electron chi connectivity index (χ1n) is 6.55. The van der Waals surface area contributed by atoms with E-state index in [0.717, 1.165) is 0 Å². The van der Waals surface area contributed by atoms with Gasteiger partial charge in [-0.3, -0.25) is 4.79 Å². The fraction of sp³-hybridized carbons (Fsp3) is 0.429. The molecule has 5 atom stereocenters. The molecule has 2 rings (SSSR count). The number of rotatable bonds is 6. The Bertz CT molecular complexity index is 578. The molecule has 0 fully saturated rings. The van der Waals surface area contributed by atoms with Crippen LogP contribution in [0.15, 0.2) is 24.3 Å². The molecule has 0 amide bonds. The minimum atomic E-state index is -2.10. The first-order chi connectivity index (χ1) is 10.4. The van der Waals surface area contributed by atoms with Gasteiger partial charge in [-0.15, -0.1) is 0 Å². The van der Waals surface area contributed by atoms with Gasteiger partial charge >= 0.3 is 5.97 Å².